The van der Waals surface area contributed by atoms with Gasteiger partial charge in [-0.1, -0.05) is 18.2 Å². The molecule has 7 nitrogen and oxygen atoms in total. The molecule has 0 fully saturated rings. The van der Waals surface area contributed by atoms with Crippen LogP contribution in [0.25, 0.3) is 0 Å². The van der Waals surface area contributed by atoms with E-state index in [-0.39, 0.29) is 6.04 Å². The Morgan fingerprint density at radius 2 is 1.86 bits per heavy atom. The van der Waals surface area contributed by atoms with Crippen LogP contribution in [0.1, 0.15) is 6.92 Å². The first-order valence-corrected chi connectivity index (χ1v) is 6.63. The minimum absolute atomic E-state index is 0.0992. The first-order valence-electron chi connectivity index (χ1n) is 6.63. The van der Waals surface area contributed by atoms with Crippen LogP contribution in [0, 0.1) is 0 Å². The van der Waals surface area contributed by atoms with Crippen LogP contribution in [0.5, 0.6) is 0 Å². The molecule has 0 spiro atoms. The minimum Gasteiger partial charge on any atom is -0.393 e. The van der Waals surface area contributed by atoms with Gasteiger partial charge in [-0.3, -0.25) is 10.9 Å². The molecule has 0 aliphatic carbocycles. The highest BCUT2D eigenvalue weighted by molar-refractivity contribution is 5.75. The van der Waals surface area contributed by atoms with Crippen molar-refractivity contribution in [3.05, 3.63) is 36.7 Å². The molecule has 7 heteroatoms. The van der Waals surface area contributed by atoms with Gasteiger partial charge in [0, 0.05) is 13.2 Å². The van der Waals surface area contributed by atoms with E-state index in [0.29, 0.717) is 23.9 Å². The van der Waals surface area contributed by atoms with E-state index < -0.39 is 0 Å². The van der Waals surface area contributed by atoms with E-state index in [4.69, 9.17) is 10.5 Å². The summed E-state index contributed by atoms with van der Waals surface area (Å²) in [6.45, 7) is 2.55. The number of rotatable bonds is 7. The molecule has 2 rings (SSSR count). The Morgan fingerprint density at radius 3 is 2.57 bits per heavy atom. The van der Waals surface area contributed by atoms with Crippen LogP contribution in [0.2, 0.25) is 0 Å². The number of para-hydroxylation sites is 1. The summed E-state index contributed by atoms with van der Waals surface area (Å²) < 4.78 is 5.08. The predicted octanol–water partition coefficient (Wildman–Crippen LogP) is 1.94. The zero-order valence-corrected chi connectivity index (χ0v) is 12.1. The number of hydrogen-bond donors (Lipinski definition) is 4. The molecular formula is C14H20N6O. The molecule has 1 aromatic carbocycles. The third-order valence-electron chi connectivity index (χ3n) is 2.78. The van der Waals surface area contributed by atoms with Gasteiger partial charge in [-0.05, 0) is 19.1 Å². The van der Waals surface area contributed by atoms with Crippen LogP contribution >= 0.6 is 0 Å². The number of nitrogens with one attached hydrogen (secondary N) is 3. The van der Waals surface area contributed by atoms with Crippen LogP contribution in [0.3, 0.4) is 0 Å². The number of ether oxygens (including phenoxy) is 1. The molecule has 0 saturated carbocycles. The van der Waals surface area contributed by atoms with Crippen LogP contribution in [-0.4, -0.2) is 29.7 Å². The Bertz CT molecular complexity index is 563. The monoisotopic (exact) mass is 288 g/mol. The van der Waals surface area contributed by atoms with Crippen molar-refractivity contribution in [3.8, 4) is 0 Å². The highest BCUT2D eigenvalue weighted by Gasteiger charge is 2.10. The average Bonchev–Trinajstić information content (AvgIpc) is 2.49. The molecule has 1 aromatic heterocycles. The van der Waals surface area contributed by atoms with Crippen molar-refractivity contribution in [3.63, 3.8) is 0 Å². The fourth-order valence-corrected chi connectivity index (χ4v) is 1.79. The lowest BCUT2D eigenvalue weighted by molar-refractivity contribution is 0.190. The number of hydrogen-bond acceptors (Lipinski definition) is 7. The largest absolute Gasteiger partial charge is 0.393 e. The zero-order valence-electron chi connectivity index (χ0n) is 12.1. The van der Waals surface area contributed by atoms with Gasteiger partial charge in [0.05, 0.1) is 12.3 Å². The average molecular weight is 288 g/mol. The lowest BCUT2D eigenvalue weighted by atomic mass is 10.3. The van der Waals surface area contributed by atoms with Crippen molar-refractivity contribution in [2.75, 3.05) is 35.6 Å². The fraction of sp³-hybridized carbons (Fsp3) is 0.286. The molecule has 0 aliphatic heterocycles. The molecule has 112 valence electrons. The van der Waals surface area contributed by atoms with E-state index in [1.165, 1.54) is 6.33 Å². The molecule has 5 N–H and O–H groups in total. The Labute approximate surface area is 123 Å². The molecule has 0 aliphatic rings. The van der Waals surface area contributed by atoms with Gasteiger partial charge in [-0.25, -0.2) is 9.97 Å². The molecule has 1 atom stereocenters. The standard InChI is InChI=1S/C14H20N6O/c1-10(8-21-2)18-13-12(15)14(17-9-16-13)20-19-11-6-4-3-5-7-11/h3-7,9-10,19H,8,15H2,1-2H3,(H2,16,17,18,20). The third kappa shape index (κ3) is 4.22. The number of nitrogens with two attached hydrogens (primary N) is 1. The second-order valence-electron chi connectivity index (χ2n) is 4.60. The summed E-state index contributed by atoms with van der Waals surface area (Å²) in [5.74, 6) is 1.09. The first-order chi connectivity index (χ1) is 10.2. The summed E-state index contributed by atoms with van der Waals surface area (Å²) >= 11 is 0. The third-order valence-corrected chi connectivity index (χ3v) is 2.78. The van der Waals surface area contributed by atoms with Crippen LogP contribution in [-0.2, 0) is 4.74 Å². The van der Waals surface area contributed by atoms with Gasteiger partial charge in [0.25, 0.3) is 0 Å². The molecule has 0 amide bonds. The quantitative estimate of drug-likeness (QED) is 0.578. The second-order valence-corrected chi connectivity index (χ2v) is 4.60. The molecule has 1 unspecified atom stereocenters. The van der Waals surface area contributed by atoms with Gasteiger partial charge in [-0.15, -0.1) is 0 Å². The first kappa shape index (κ1) is 14.9. The van der Waals surface area contributed by atoms with Gasteiger partial charge in [0.1, 0.15) is 12.0 Å². The van der Waals surface area contributed by atoms with E-state index in [0.717, 1.165) is 5.69 Å². The van der Waals surface area contributed by atoms with Gasteiger partial charge in [0.15, 0.2) is 11.6 Å². The predicted molar refractivity (Wildman–Crippen MR) is 85.1 cm³/mol. The summed E-state index contributed by atoms with van der Waals surface area (Å²) in [6, 6.07) is 9.79. The van der Waals surface area contributed by atoms with Gasteiger partial charge < -0.3 is 15.8 Å². The molecule has 21 heavy (non-hydrogen) atoms. The lowest BCUT2D eigenvalue weighted by Crippen LogP contribution is -2.23. The van der Waals surface area contributed by atoms with Crippen molar-refractivity contribution in [1.82, 2.24) is 9.97 Å². The summed E-state index contributed by atoms with van der Waals surface area (Å²) in [5.41, 5.74) is 13.4. The molecule has 0 bridgehead atoms. The highest BCUT2D eigenvalue weighted by Crippen LogP contribution is 2.23. The number of aromatic nitrogens is 2. The van der Waals surface area contributed by atoms with E-state index in [9.17, 15) is 0 Å². The van der Waals surface area contributed by atoms with Crippen LogP contribution in [0.15, 0.2) is 36.7 Å². The second kappa shape index (κ2) is 7.30. The molecular weight excluding hydrogens is 268 g/mol. The topological polar surface area (TPSA) is 97.1 Å². The van der Waals surface area contributed by atoms with Gasteiger partial charge in [-0.2, -0.15) is 0 Å². The summed E-state index contributed by atoms with van der Waals surface area (Å²) in [4.78, 5) is 8.27. The molecule has 0 radical (unpaired) electrons. The highest BCUT2D eigenvalue weighted by atomic mass is 16.5. The number of nitrogen functional groups attached to an aromatic ring is 1. The SMILES string of the molecule is COCC(C)Nc1ncnc(NNc2ccccc2)c1N. The summed E-state index contributed by atoms with van der Waals surface area (Å²) in [5, 5.41) is 3.18. The number of methoxy groups -OCH3 is 1. The number of hydrazine groups is 1. The molecule has 1 heterocycles. The minimum atomic E-state index is 0.0992. The fourth-order valence-electron chi connectivity index (χ4n) is 1.79. The van der Waals surface area contributed by atoms with E-state index >= 15 is 0 Å². The van der Waals surface area contributed by atoms with Crippen LogP contribution < -0.4 is 21.9 Å². The summed E-state index contributed by atoms with van der Waals surface area (Å²) in [6.07, 6.45) is 1.45. The Hall–Kier alpha value is -2.54. The Kier molecular flexibility index (Phi) is 5.16. The van der Waals surface area contributed by atoms with E-state index in [1.54, 1.807) is 7.11 Å². The van der Waals surface area contributed by atoms with Crippen molar-refractivity contribution < 1.29 is 4.74 Å². The number of nitrogens with zero attached hydrogens (tertiary/aromatic N) is 2. The summed E-state index contributed by atoms with van der Waals surface area (Å²) in [7, 11) is 1.65. The van der Waals surface area contributed by atoms with Crippen molar-refractivity contribution in [1.29, 1.82) is 0 Å². The normalized spacial score (nSPS) is 11.7. The molecule has 2 aromatic rings. The maximum absolute atomic E-state index is 6.06. The van der Waals surface area contributed by atoms with Crippen molar-refractivity contribution in [2.24, 2.45) is 0 Å². The number of benzene rings is 1. The van der Waals surface area contributed by atoms with Crippen molar-refractivity contribution >= 4 is 23.0 Å². The van der Waals surface area contributed by atoms with Crippen LogP contribution in [0.4, 0.5) is 23.0 Å². The smallest absolute Gasteiger partial charge is 0.173 e. The number of anilines is 4. The molecule has 0 saturated heterocycles. The Balaban J connectivity index is 2.03. The lowest BCUT2D eigenvalue weighted by Gasteiger charge is -2.17. The zero-order chi connectivity index (χ0) is 15.1. The maximum atomic E-state index is 6.06. The Morgan fingerprint density at radius 1 is 1.14 bits per heavy atom. The van der Waals surface area contributed by atoms with E-state index in [1.807, 2.05) is 37.3 Å². The van der Waals surface area contributed by atoms with Gasteiger partial charge in [0.2, 0.25) is 0 Å². The van der Waals surface area contributed by atoms with Gasteiger partial charge >= 0.3 is 0 Å². The maximum Gasteiger partial charge on any atom is 0.173 e. The van der Waals surface area contributed by atoms with E-state index in [2.05, 4.69) is 26.1 Å². The van der Waals surface area contributed by atoms with Crippen molar-refractivity contribution in [2.45, 2.75) is 13.0 Å².